The van der Waals surface area contributed by atoms with Crippen molar-refractivity contribution in [1.82, 2.24) is 0 Å². The predicted molar refractivity (Wildman–Crippen MR) is 77.5 cm³/mol. The van der Waals surface area contributed by atoms with E-state index in [0.717, 1.165) is 12.1 Å². The first-order chi connectivity index (χ1) is 10.6. The molecule has 0 saturated carbocycles. The largest absolute Gasteiger partial charge is 0.496 e. The standard InChI is InChI=1S/C16H14F2N2O2/c1-22-15-5-3-2-4-11(15)14(21)9-20-16-12(17)6-10(8-19)7-13(16)18/h2-7,14,20-21H,9H2,1H3. The Morgan fingerprint density at radius 3 is 2.50 bits per heavy atom. The van der Waals surface area contributed by atoms with E-state index in [1.807, 2.05) is 0 Å². The van der Waals surface area contributed by atoms with Crippen LogP contribution >= 0.6 is 0 Å². The first-order valence-corrected chi connectivity index (χ1v) is 6.50. The van der Waals surface area contributed by atoms with E-state index in [9.17, 15) is 13.9 Å². The summed E-state index contributed by atoms with van der Waals surface area (Å²) in [5.41, 5.74) is 0.0192. The lowest BCUT2D eigenvalue weighted by Gasteiger charge is -2.16. The monoisotopic (exact) mass is 304 g/mol. The van der Waals surface area contributed by atoms with Crippen LogP contribution in [0.3, 0.4) is 0 Å². The van der Waals surface area contributed by atoms with Crippen LogP contribution in [0.15, 0.2) is 36.4 Å². The summed E-state index contributed by atoms with van der Waals surface area (Å²) in [4.78, 5) is 0. The van der Waals surface area contributed by atoms with E-state index in [1.54, 1.807) is 30.3 Å². The van der Waals surface area contributed by atoms with Crippen molar-refractivity contribution in [2.75, 3.05) is 19.0 Å². The van der Waals surface area contributed by atoms with Gasteiger partial charge in [-0.1, -0.05) is 18.2 Å². The molecule has 0 amide bonds. The summed E-state index contributed by atoms with van der Waals surface area (Å²) in [7, 11) is 1.47. The van der Waals surface area contributed by atoms with Crippen LogP contribution in [0.4, 0.5) is 14.5 Å². The maximum atomic E-state index is 13.7. The van der Waals surface area contributed by atoms with Gasteiger partial charge in [-0.3, -0.25) is 0 Å². The van der Waals surface area contributed by atoms with Crippen LogP contribution in [-0.4, -0.2) is 18.8 Å². The number of rotatable bonds is 5. The van der Waals surface area contributed by atoms with Gasteiger partial charge < -0.3 is 15.2 Å². The van der Waals surface area contributed by atoms with E-state index in [4.69, 9.17) is 10.00 Å². The van der Waals surface area contributed by atoms with Gasteiger partial charge in [-0.15, -0.1) is 0 Å². The molecule has 2 aromatic carbocycles. The molecule has 2 N–H and O–H groups in total. The smallest absolute Gasteiger partial charge is 0.150 e. The molecule has 2 rings (SSSR count). The molecule has 0 bridgehead atoms. The van der Waals surface area contributed by atoms with Crippen molar-refractivity contribution in [3.63, 3.8) is 0 Å². The van der Waals surface area contributed by atoms with E-state index in [-0.39, 0.29) is 17.8 Å². The van der Waals surface area contributed by atoms with Crippen molar-refractivity contribution in [2.24, 2.45) is 0 Å². The third kappa shape index (κ3) is 3.32. The maximum Gasteiger partial charge on any atom is 0.150 e. The van der Waals surface area contributed by atoms with E-state index in [1.165, 1.54) is 7.11 Å². The van der Waals surface area contributed by atoms with Crippen LogP contribution < -0.4 is 10.1 Å². The summed E-state index contributed by atoms with van der Waals surface area (Å²) < 4.78 is 32.6. The zero-order valence-corrected chi connectivity index (χ0v) is 11.8. The Bertz CT molecular complexity index is 691. The fourth-order valence-electron chi connectivity index (χ4n) is 2.06. The topological polar surface area (TPSA) is 65.3 Å². The first kappa shape index (κ1) is 15.7. The molecule has 0 radical (unpaired) electrons. The Kier molecular flexibility index (Phi) is 4.92. The number of hydrogen-bond acceptors (Lipinski definition) is 4. The lowest BCUT2D eigenvalue weighted by Crippen LogP contribution is -2.15. The number of aliphatic hydroxyl groups excluding tert-OH is 1. The number of para-hydroxylation sites is 1. The Labute approximate surface area is 126 Å². The lowest BCUT2D eigenvalue weighted by atomic mass is 10.1. The third-order valence-corrected chi connectivity index (χ3v) is 3.14. The molecule has 0 aliphatic carbocycles. The molecule has 0 aliphatic rings. The highest BCUT2D eigenvalue weighted by Crippen LogP contribution is 2.26. The van der Waals surface area contributed by atoms with Crippen molar-refractivity contribution in [3.05, 3.63) is 59.2 Å². The van der Waals surface area contributed by atoms with E-state index in [2.05, 4.69) is 5.32 Å². The molecule has 1 atom stereocenters. The number of anilines is 1. The Hall–Kier alpha value is -2.65. The highest BCUT2D eigenvalue weighted by Gasteiger charge is 2.16. The molecule has 22 heavy (non-hydrogen) atoms. The number of aliphatic hydroxyl groups is 1. The summed E-state index contributed by atoms with van der Waals surface area (Å²) in [6, 6.07) is 10.4. The van der Waals surface area contributed by atoms with Gasteiger partial charge in [0, 0.05) is 12.1 Å². The van der Waals surface area contributed by atoms with Crippen LogP contribution in [0.1, 0.15) is 17.2 Å². The van der Waals surface area contributed by atoms with Gasteiger partial charge in [-0.2, -0.15) is 5.26 Å². The molecule has 4 nitrogen and oxygen atoms in total. The van der Waals surface area contributed by atoms with Crippen LogP contribution in [0.25, 0.3) is 0 Å². The highest BCUT2D eigenvalue weighted by atomic mass is 19.1. The Morgan fingerprint density at radius 1 is 1.27 bits per heavy atom. The molecular weight excluding hydrogens is 290 g/mol. The quantitative estimate of drug-likeness (QED) is 0.891. The molecule has 1 unspecified atom stereocenters. The maximum absolute atomic E-state index is 13.7. The van der Waals surface area contributed by atoms with Gasteiger partial charge in [0.25, 0.3) is 0 Å². The summed E-state index contributed by atoms with van der Waals surface area (Å²) in [5.74, 6) is -1.29. The minimum Gasteiger partial charge on any atom is -0.496 e. The van der Waals surface area contributed by atoms with Gasteiger partial charge in [0.2, 0.25) is 0 Å². The van der Waals surface area contributed by atoms with E-state index < -0.39 is 17.7 Å². The Morgan fingerprint density at radius 2 is 1.91 bits per heavy atom. The van der Waals surface area contributed by atoms with Crippen LogP contribution in [0.5, 0.6) is 5.75 Å². The second-order valence-corrected chi connectivity index (χ2v) is 4.57. The normalized spacial score (nSPS) is 11.6. The summed E-state index contributed by atoms with van der Waals surface area (Å²) in [6.45, 7) is -0.111. The van der Waals surface area contributed by atoms with Crippen molar-refractivity contribution in [3.8, 4) is 11.8 Å². The van der Waals surface area contributed by atoms with Gasteiger partial charge in [-0.25, -0.2) is 8.78 Å². The van der Waals surface area contributed by atoms with Gasteiger partial charge in [0.15, 0.2) is 11.6 Å². The molecular formula is C16H14F2N2O2. The number of halogens is 2. The van der Waals surface area contributed by atoms with Crippen molar-refractivity contribution in [2.45, 2.75) is 6.10 Å². The van der Waals surface area contributed by atoms with Crippen LogP contribution in [-0.2, 0) is 0 Å². The second-order valence-electron chi connectivity index (χ2n) is 4.57. The molecule has 0 aliphatic heterocycles. The number of methoxy groups -OCH3 is 1. The average molecular weight is 304 g/mol. The molecule has 0 spiro atoms. The SMILES string of the molecule is COc1ccccc1C(O)CNc1c(F)cc(C#N)cc1F. The van der Waals surface area contributed by atoms with Crippen molar-refractivity contribution < 1.29 is 18.6 Å². The first-order valence-electron chi connectivity index (χ1n) is 6.50. The predicted octanol–water partition coefficient (Wildman–Crippen LogP) is 2.99. The molecule has 0 fully saturated rings. The van der Waals surface area contributed by atoms with Gasteiger partial charge >= 0.3 is 0 Å². The molecule has 0 heterocycles. The molecule has 0 saturated heterocycles. The second kappa shape index (κ2) is 6.87. The number of nitriles is 1. The zero-order valence-electron chi connectivity index (χ0n) is 11.8. The number of hydrogen-bond donors (Lipinski definition) is 2. The fraction of sp³-hybridized carbons (Fsp3) is 0.188. The molecule has 2 aromatic rings. The average Bonchev–Trinajstić information content (AvgIpc) is 2.53. The van der Waals surface area contributed by atoms with Crippen molar-refractivity contribution >= 4 is 5.69 Å². The number of benzene rings is 2. The van der Waals surface area contributed by atoms with Crippen molar-refractivity contribution in [1.29, 1.82) is 5.26 Å². The summed E-state index contributed by atoms with van der Waals surface area (Å²) in [6.07, 6.45) is -1.01. The summed E-state index contributed by atoms with van der Waals surface area (Å²) in [5, 5.41) is 21.3. The Balaban J connectivity index is 2.15. The number of nitrogens with one attached hydrogen (secondary N) is 1. The van der Waals surface area contributed by atoms with E-state index >= 15 is 0 Å². The molecule has 114 valence electrons. The lowest BCUT2D eigenvalue weighted by molar-refractivity contribution is 0.186. The molecule has 0 aromatic heterocycles. The van der Waals surface area contributed by atoms with Gasteiger partial charge in [0.05, 0.1) is 24.8 Å². The van der Waals surface area contributed by atoms with E-state index in [0.29, 0.717) is 11.3 Å². The van der Waals surface area contributed by atoms with Crippen LogP contribution in [0.2, 0.25) is 0 Å². The zero-order chi connectivity index (χ0) is 16.1. The summed E-state index contributed by atoms with van der Waals surface area (Å²) >= 11 is 0. The highest BCUT2D eigenvalue weighted by molar-refractivity contribution is 5.50. The number of nitrogens with zero attached hydrogens (tertiary/aromatic N) is 1. The third-order valence-electron chi connectivity index (χ3n) is 3.14. The molecule has 6 heteroatoms. The minimum atomic E-state index is -1.01. The number of ether oxygens (including phenoxy) is 1. The fourth-order valence-corrected chi connectivity index (χ4v) is 2.06. The minimum absolute atomic E-state index is 0.106. The van der Waals surface area contributed by atoms with Crippen LogP contribution in [0, 0.1) is 23.0 Å². The van der Waals surface area contributed by atoms with Gasteiger partial charge in [0.1, 0.15) is 11.4 Å². The van der Waals surface area contributed by atoms with Gasteiger partial charge in [-0.05, 0) is 18.2 Å².